The summed E-state index contributed by atoms with van der Waals surface area (Å²) in [6, 6.07) is 10.5. The van der Waals surface area contributed by atoms with Gasteiger partial charge in [-0.3, -0.25) is 4.98 Å². The number of piperazine rings is 1. The Labute approximate surface area is 170 Å². The van der Waals surface area contributed by atoms with Crippen molar-refractivity contribution in [3.8, 4) is 11.1 Å². The maximum Gasteiger partial charge on any atom is 0.147 e. The summed E-state index contributed by atoms with van der Waals surface area (Å²) < 4.78 is 5.43. The predicted molar refractivity (Wildman–Crippen MR) is 116 cm³/mol. The van der Waals surface area contributed by atoms with Crippen molar-refractivity contribution >= 4 is 22.7 Å². The second kappa shape index (κ2) is 7.93. The summed E-state index contributed by atoms with van der Waals surface area (Å²) in [6.45, 7) is 7.42. The van der Waals surface area contributed by atoms with Crippen LogP contribution in [0.15, 0.2) is 42.7 Å². The molecule has 2 fully saturated rings. The molecule has 0 bridgehead atoms. The molecule has 0 amide bonds. The zero-order valence-corrected chi connectivity index (χ0v) is 16.8. The quantitative estimate of drug-likeness (QED) is 0.680. The molecule has 150 valence electrons. The second-order valence-corrected chi connectivity index (χ2v) is 7.73. The Morgan fingerprint density at radius 3 is 2.24 bits per heavy atom. The van der Waals surface area contributed by atoms with Crippen molar-refractivity contribution in [2.24, 2.45) is 0 Å². The van der Waals surface area contributed by atoms with E-state index in [9.17, 15) is 0 Å². The van der Waals surface area contributed by atoms with Crippen molar-refractivity contribution in [1.82, 2.24) is 19.9 Å². The van der Waals surface area contributed by atoms with Gasteiger partial charge in [0.1, 0.15) is 11.6 Å². The normalized spacial score (nSPS) is 18.4. The fourth-order valence-corrected chi connectivity index (χ4v) is 3.91. The highest BCUT2D eigenvalue weighted by atomic mass is 16.5. The van der Waals surface area contributed by atoms with Crippen molar-refractivity contribution in [1.29, 1.82) is 0 Å². The van der Waals surface area contributed by atoms with Gasteiger partial charge in [-0.05, 0) is 36.9 Å². The smallest absolute Gasteiger partial charge is 0.147 e. The predicted octanol–water partition coefficient (Wildman–Crippen LogP) is 2.28. The van der Waals surface area contributed by atoms with Crippen LogP contribution in [0.4, 0.5) is 11.6 Å². The number of hydrogen-bond acceptors (Lipinski definition) is 7. The molecule has 2 saturated heterocycles. The first-order chi connectivity index (χ1) is 14.3. The minimum atomic E-state index is 0.766. The SMILES string of the molecule is CN1CCN(c2cnc3ccc(-c4ccc(N5CCOCC5)nc4)cc3n2)CC1. The topological polar surface area (TPSA) is 57.6 Å². The van der Waals surface area contributed by atoms with Gasteiger partial charge in [0.05, 0.1) is 30.4 Å². The van der Waals surface area contributed by atoms with E-state index in [-0.39, 0.29) is 0 Å². The Morgan fingerprint density at radius 1 is 0.724 bits per heavy atom. The largest absolute Gasteiger partial charge is 0.378 e. The van der Waals surface area contributed by atoms with Gasteiger partial charge in [-0.2, -0.15) is 0 Å². The Kier molecular flexibility index (Phi) is 4.99. The van der Waals surface area contributed by atoms with Crippen LogP contribution in [0.3, 0.4) is 0 Å². The Bertz CT molecular complexity index is 978. The van der Waals surface area contributed by atoms with Crippen molar-refractivity contribution < 1.29 is 4.74 Å². The highest BCUT2D eigenvalue weighted by molar-refractivity contribution is 5.82. The van der Waals surface area contributed by atoms with E-state index in [1.165, 1.54) is 0 Å². The fourth-order valence-electron chi connectivity index (χ4n) is 3.91. The third kappa shape index (κ3) is 3.88. The molecule has 7 heteroatoms. The van der Waals surface area contributed by atoms with Gasteiger partial charge in [0.15, 0.2) is 0 Å². The van der Waals surface area contributed by atoms with E-state index >= 15 is 0 Å². The van der Waals surface area contributed by atoms with Crippen molar-refractivity contribution in [3.05, 3.63) is 42.7 Å². The van der Waals surface area contributed by atoms with Gasteiger partial charge >= 0.3 is 0 Å². The third-order valence-electron chi connectivity index (χ3n) is 5.77. The van der Waals surface area contributed by atoms with Gasteiger partial charge in [0.25, 0.3) is 0 Å². The average molecular weight is 390 g/mol. The van der Waals surface area contributed by atoms with E-state index in [1.54, 1.807) is 0 Å². The Hall–Kier alpha value is -2.77. The first-order valence-electron chi connectivity index (χ1n) is 10.3. The maximum absolute atomic E-state index is 5.43. The lowest BCUT2D eigenvalue weighted by Gasteiger charge is -2.33. The van der Waals surface area contributed by atoms with E-state index in [4.69, 9.17) is 9.72 Å². The average Bonchev–Trinajstić information content (AvgIpc) is 2.79. The minimum Gasteiger partial charge on any atom is -0.378 e. The molecule has 2 aromatic heterocycles. The molecule has 2 aliphatic rings. The number of rotatable bonds is 3. The molecule has 1 aromatic carbocycles. The molecule has 2 aliphatic heterocycles. The molecule has 0 atom stereocenters. The van der Waals surface area contributed by atoms with Crippen molar-refractivity contribution in [3.63, 3.8) is 0 Å². The highest BCUT2D eigenvalue weighted by Crippen LogP contribution is 2.25. The van der Waals surface area contributed by atoms with Gasteiger partial charge < -0.3 is 19.4 Å². The van der Waals surface area contributed by atoms with Crippen LogP contribution in [-0.2, 0) is 4.74 Å². The first kappa shape index (κ1) is 18.3. The lowest BCUT2D eigenvalue weighted by atomic mass is 10.1. The van der Waals surface area contributed by atoms with Crippen LogP contribution in [0, 0.1) is 0 Å². The molecule has 0 saturated carbocycles. The molecule has 5 rings (SSSR count). The summed E-state index contributed by atoms with van der Waals surface area (Å²) in [5.41, 5.74) is 4.06. The number of morpholine rings is 1. The summed E-state index contributed by atoms with van der Waals surface area (Å²) in [5.74, 6) is 1.97. The minimum absolute atomic E-state index is 0.766. The summed E-state index contributed by atoms with van der Waals surface area (Å²) in [4.78, 5) is 21.1. The molecule has 4 heterocycles. The molecule has 3 aromatic rings. The molecular weight excluding hydrogens is 364 g/mol. The van der Waals surface area contributed by atoms with E-state index < -0.39 is 0 Å². The standard InChI is InChI=1S/C22H26N6O/c1-26-6-8-27(9-7-26)22-16-23-19-4-2-17(14-20(19)25-22)18-3-5-21(24-15-18)28-10-12-29-13-11-28/h2-5,14-16H,6-13H2,1H3. The molecular formula is C22H26N6O. The highest BCUT2D eigenvalue weighted by Gasteiger charge is 2.16. The van der Waals surface area contributed by atoms with E-state index in [2.05, 4.69) is 56.0 Å². The molecule has 7 nitrogen and oxygen atoms in total. The molecule has 0 radical (unpaired) electrons. The van der Waals surface area contributed by atoms with E-state index in [0.717, 1.165) is 86.3 Å². The van der Waals surface area contributed by atoms with Crippen LogP contribution in [0.1, 0.15) is 0 Å². The van der Waals surface area contributed by atoms with Crippen LogP contribution in [0.5, 0.6) is 0 Å². The fraction of sp³-hybridized carbons (Fsp3) is 0.409. The second-order valence-electron chi connectivity index (χ2n) is 7.73. The molecule has 0 N–H and O–H groups in total. The van der Waals surface area contributed by atoms with Crippen LogP contribution in [0.25, 0.3) is 22.2 Å². The number of benzene rings is 1. The van der Waals surface area contributed by atoms with Crippen LogP contribution in [0.2, 0.25) is 0 Å². The lowest BCUT2D eigenvalue weighted by Crippen LogP contribution is -2.44. The molecule has 0 spiro atoms. The number of ether oxygens (including phenoxy) is 1. The number of anilines is 2. The molecule has 0 aliphatic carbocycles. The summed E-state index contributed by atoms with van der Waals surface area (Å²) in [7, 11) is 2.16. The number of aromatic nitrogens is 3. The molecule has 0 unspecified atom stereocenters. The summed E-state index contributed by atoms with van der Waals surface area (Å²) in [5, 5.41) is 0. The van der Waals surface area contributed by atoms with Crippen LogP contribution >= 0.6 is 0 Å². The number of nitrogens with zero attached hydrogens (tertiary/aromatic N) is 6. The Morgan fingerprint density at radius 2 is 1.48 bits per heavy atom. The summed E-state index contributed by atoms with van der Waals surface area (Å²) >= 11 is 0. The maximum atomic E-state index is 5.43. The van der Waals surface area contributed by atoms with Crippen LogP contribution < -0.4 is 9.80 Å². The van der Waals surface area contributed by atoms with Crippen molar-refractivity contribution in [2.45, 2.75) is 0 Å². The van der Waals surface area contributed by atoms with Gasteiger partial charge in [-0.15, -0.1) is 0 Å². The first-order valence-corrected chi connectivity index (χ1v) is 10.3. The van der Waals surface area contributed by atoms with Crippen molar-refractivity contribution in [2.75, 3.05) is 69.3 Å². The van der Waals surface area contributed by atoms with Gasteiger partial charge in [0, 0.05) is 51.0 Å². The van der Waals surface area contributed by atoms with Gasteiger partial charge in [-0.1, -0.05) is 6.07 Å². The third-order valence-corrected chi connectivity index (χ3v) is 5.77. The Balaban J connectivity index is 1.39. The lowest BCUT2D eigenvalue weighted by molar-refractivity contribution is 0.122. The van der Waals surface area contributed by atoms with Gasteiger partial charge in [0.2, 0.25) is 0 Å². The number of fused-ring (bicyclic) bond motifs is 1. The zero-order valence-electron chi connectivity index (χ0n) is 16.8. The summed E-state index contributed by atoms with van der Waals surface area (Å²) in [6.07, 6.45) is 3.84. The number of likely N-dealkylation sites (N-methyl/N-ethyl adjacent to an activating group) is 1. The number of pyridine rings is 1. The zero-order chi connectivity index (χ0) is 19.6. The number of hydrogen-bond donors (Lipinski definition) is 0. The molecule has 29 heavy (non-hydrogen) atoms. The van der Waals surface area contributed by atoms with Gasteiger partial charge in [-0.25, -0.2) is 9.97 Å². The van der Waals surface area contributed by atoms with E-state index in [1.807, 2.05) is 18.5 Å². The van der Waals surface area contributed by atoms with Crippen LogP contribution in [-0.4, -0.2) is 79.4 Å². The monoisotopic (exact) mass is 390 g/mol. The van der Waals surface area contributed by atoms with E-state index in [0.29, 0.717) is 0 Å².